The minimum atomic E-state index is 0.273. The van der Waals surface area contributed by atoms with Crippen LogP contribution in [-0.4, -0.2) is 10.7 Å². The Labute approximate surface area is 222 Å². The summed E-state index contributed by atoms with van der Waals surface area (Å²) in [6, 6.07) is 20.6. The highest BCUT2D eigenvalue weighted by Gasteiger charge is 2.25. The van der Waals surface area contributed by atoms with Crippen molar-refractivity contribution in [2.75, 3.05) is 0 Å². The molecule has 1 aliphatic carbocycles. The van der Waals surface area contributed by atoms with Crippen LogP contribution in [-0.2, 0) is 0 Å². The minimum absolute atomic E-state index is 0.273. The first-order chi connectivity index (χ1) is 18.1. The Bertz CT molecular complexity index is 1790. The fourth-order valence-corrected chi connectivity index (χ4v) is 6.93. The summed E-state index contributed by atoms with van der Waals surface area (Å²) in [6.45, 7) is 2.16. The second-order valence-corrected chi connectivity index (χ2v) is 11.2. The highest BCUT2D eigenvalue weighted by Crippen LogP contribution is 2.37. The maximum absolute atomic E-state index is 9.89. The van der Waals surface area contributed by atoms with E-state index in [1.54, 1.807) is 22.7 Å². The number of para-hydroxylation sites is 1. The van der Waals surface area contributed by atoms with E-state index in [9.17, 15) is 10.5 Å². The number of allylic oxidation sites excluding steroid dienone is 7. The number of nitriles is 2. The van der Waals surface area contributed by atoms with Crippen LogP contribution in [0.3, 0.4) is 0 Å². The van der Waals surface area contributed by atoms with Crippen molar-refractivity contribution in [1.29, 1.82) is 10.5 Å². The van der Waals surface area contributed by atoms with E-state index in [2.05, 4.69) is 54.4 Å². The third-order valence-electron chi connectivity index (χ3n) is 6.48. The quantitative estimate of drug-likeness (QED) is 0.259. The van der Waals surface area contributed by atoms with E-state index in [1.165, 1.54) is 0 Å². The Morgan fingerprint density at radius 1 is 0.919 bits per heavy atom. The van der Waals surface area contributed by atoms with Crippen molar-refractivity contribution in [1.82, 2.24) is 4.98 Å². The molecule has 0 amide bonds. The van der Waals surface area contributed by atoms with E-state index in [-0.39, 0.29) is 11.8 Å². The molecule has 1 aliphatic heterocycles. The average molecular weight is 513 g/mol. The molecule has 0 N–H and O–H groups in total. The van der Waals surface area contributed by atoms with Crippen molar-refractivity contribution in [2.24, 2.45) is 16.8 Å². The molecule has 0 spiro atoms. The summed E-state index contributed by atoms with van der Waals surface area (Å²) in [4.78, 5) is 11.5. The summed E-state index contributed by atoms with van der Waals surface area (Å²) in [5.41, 5.74) is 4.40. The Morgan fingerprint density at radius 3 is 2.41 bits per heavy atom. The third-order valence-corrected chi connectivity index (χ3v) is 8.67. The zero-order valence-electron chi connectivity index (χ0n) is 19.9. The normalized spacial score (nSPS) is 19.3. The molecule has 37 heavy (non-hydrogen) atoms. The van der Waals surface area contributed by atoms with E-state index in [0.29, 0.717) is 16.8 Å². The lowest BCUT2D eigenvalue weighted by Gasteiger charge is -2.25. The molecule has 6 rings (SSSR count). The van der Waals surface area contributed by atoms with Gasteiger partial charge in [0.05, 0.1) is 28.1 Å². The van der Waals surface area contributed by atoms with E-state index >= 15 is 0 Å². The number of thiophene rings is 2. The smallest absolute Gasteiger partial charge is 0.101 e. The lowest BCUT2D eigenvalue weighted by atomic mass is 9.83. The van der Waals surface area contributed by atoms with Crippen LogP contribution in [0.4, 0.5) is 0 Å². The zero-order chi connectivity index (χ0) is 25.4. The van der Waals surface area contributed by atoms with Crippen LogP contribution in [0.5, 0.6) is 0 Å². The van der Waals surface area contributed by atoms with E-state index < -0.39 is 0 Å². The molecule has 2 unspecified atom stereocenters. The van der Waals surface area contributed by atoms with Crippen molar-refractivity contribution in [3.05, 3.63) is 106 Å². The summed E-state index contributed by atoms with van der Waals surface area (Å²) in [6.07, 6.45) is 14.2. The Morgan fingerprint density at radius 2 is 1.65 bits per heavy atom. The average Bonchev–Trinajstić information content (AvgIpc) is 3.48. The van der Waals surface area contributed by atoms with Crippen LogP contribution in [0.15, 0.2) is 95.2 Å². The van der Waals surface area contributed by atoms with Crippen molar-refractivity contribution in [2.45, 2.75) is 6.92 Å². The Kier molecular flexibility index (Phi) is 5.98. The van der Waals surface area contributed by atoms with Crippen molar-refractivity contribution in [3.63, 3.8) is 0 Å². The SMILES string of the molecule is CC1C=C(/C(C#N)=C/c2cc3sc(/C=C(\C#N)c4ccc5ccccc5n4)cc3s2)N=C2C=CC=CC21. The van der Waals surface area contributed by atoms with Gasteiger partial charge in [-0.25, -0.2) is 4.98 Å². The molecule has 2 atom stereocenters. The molecule has 0 radical (unpaired) electrons. The molecule has 1 aromatic carbocycles. The maximum atomic E-state index is 9.89. The zero-order valence-corrected chi connectivity index (χ0v) is 21.6. The summed E-state index contributed by atoms with van der Waals surface area (Å²) < 4.78 is 2.25. The first kappa shape index (κ1) is 23.1. The first-order valence-corrected chi connectivity index (χ1v) is 13.5. The molecule has 2 aliphatic rings. The topological polar surface area (TPSA) is 72.8 Å². The summed E-state index contributed by atoms with van der Waals surface area (Å²) in [5, 5.41) is 20.8. The molecule has 0 saturated heterocycles. The number of benzene rings is 1. The summed E-state index contributed by atoms with van der Waals surface area (Å²) >= 11 is 3.27. The fraction of sp³-hybridized carbons (Fsp3) is 0.0968. The molecule has 3 aromatic heterocycles. The van der Waals surface area contributed by atoms with Crippen LogP contribution in [0, 0.1) is 34.5 Å². The minimum Gasteiger partial charge on any atom is -0.252 e. The second-order valence-electron chi connectivity index (χ2n) is 8.97. The number of nitrogens with zero attached hydrogens (tertiary/aromatic N) is 4. The van der Waals surface area contributed by atoms with E-state index in [0.717, 1.165) is 41.5 Å². The van der Waals surface area contributed by atoms with Gasteiger partial charge in [-0.1, -0.05) is 55.5 Å². The lowest BCUT2D eigenvalue weighted by Crippen LogP contribution is -2.22. The van der Waals surface area contributed by atoms with Crippen LogP contribution >= 0.6 is 22.7 Å². The molecule has 0 fully saturated rings. The van der Waals surface area contributed by atoms with Gasteiger partial charge in [-0.3, -0.25) is 4.99 Å². The third kappa shape index (κ3) is 4.49. The van der Waals surface area contributed by atoms with Crippen LogP contribution in [0.1, 0.15) is 22.4 Å². The van der Waals surface area contributed by atoms with Crippen molar-refractivity contribution in [3.8, 4) is 12.1 Å². The number of hydrogen-bond donors (Lipinski definition) is 0. The predicted molar refractivity (Wildman–Crippen MR) is 155 cm³/mol. The Hall–Kier alpha value is -4.36. The monoisotopic (exact) mass is 512 g/mol. The van der Waals surface area contributed by atoms with Gasteiger partial charge in [0.15, 0.2) is 0 Å². The highest BCUT2D eigenvalue weighted by atomic mass is 32.1. The fourth-order valence-electron chi connectivity index (χ4n) is 4.63. The largest absolute Gasteiger partial charge is 0.252 e. The standard InChI is InChI=1S/C31H20N4S2/c1-19-12-29(35-28-9-5-3-7-25(19)28)22(18-33)14-24-16-31-30(37-24)15-23(36-31)13-21(17-32)27-11-10-20-6-2-4-8-26(20)34-27/h2-16,19,25H,1H3/b21-13+,22-14+. The lowest BCUT2D eigenvalue weighted by molar-refractivity contribution is 0.627. The molecule has 4 nitrogen and oxygen atoms in total. The number of rotatable bonds is 4. The highest BCUT2D eigenvalue weighted by molar-refractivity contribution is 7.28. The van der Waals surface area contributed by atoms with Gasteiger partial charge >= 0.3 is 0 Å². The van der Waals surface area contributed by atoms with Crippen molar-refractivity contribution >= 4 is 66.4 Å². The second kappa shape index (κ2) is 9.59. The number of pyridine rings is 1. The summed E-state index contributed by atoms with van der Waals surface area (Å²) in [5.74, 6) is 0.559. The molecular formula is C31H20N4S2. The van der Waals surface area contributed by atoms with E-state index in [4.69, 9.17) is 4.99 Å². The van der Waals surface area contributed by atoms with Gasteiger partial charge in [0, 0.05) is 36.2 Å². The van der Waals surface area contributed by atoms with Crippen LogP contribution in [0.25, 0.3) is 38.0 Å². The van der Waals surface area contributed by atoms with Gasteiger partial charge in [0.1, 0.15) is 12.1 Å². The molecule has 0 bridgehead atoms. The van der Waals surface area contributed by atoms with Gasteiger partial charge in [0.2, 0.25) is 0 Å². The van der Waals surface area contributed by atoms with E-state index in [1.807, 2.05) is 60.7 Å². The molecule has 176 valence electrons. The van der Waals surface area contributed by atoms with Crippen LogP contribution in [0.2, 0.25) is 0 Å². The number of hydrogen-bond acceptors (Lipinski definition) is 6. The number of fused-ring (bicyclic) bond motifs is 3. The predicted octanol–water partition coefficient (Wildman–Crippen LogP) is 8.20. The molecule has 6 heteroatoms. The van der Waals surface area contributed by atoms with Gasteiger partial charge in [-0.2, -0.15) is 10.5 Å². The molecule has 0 saturated carbocycles. The molecule has 4 aromatic rings. The Balaban J connectivity index is 1.29. The van der Waals surface area contributed by atoms with Gasteiger partial charge in [-0.15, -0.1) is 22.7 Å². The maximum Gasteiger partial charge on any atom is 0.101 e. The number of aromatic nitrogens is 1. The first-order valence-electron chi connectivity index (χ1n) is 11.9. The van der Waals surface area contributed by atoms with Crippen LogP contribution < -0.4 is 0 Å². The van der Waals surface area contributed by atoms with Gasteiger partial charge in [0.25, 0.3) is 0 Å². The van der Waals surface area contributed by atoms with Gasteiger partial charge < -0.3 is 0 Å². The van der Waals surface area contributed by atoms with Gasteiger partial charge in [-0.05, 0) is 48.4 Å². The van der Waals surface area contributed by atoms with Crippen molar-refractivity contribution < 1.29 is 0 Å². The number of aliphatic imine (C=N–C) groups is 1. The molecule has 4 heterocycles. The summed E-state index contributed by atoms with van der Waals surface area (Å²) in [7, 11) is 0. The molecular weight excluding hydrogens is 493 g/mol.